The Hall–Kier alpha value is -1.65. The maximum Gasteiger partial charge on any atom is 0.263 e. The summed E-state index contributed by atoms with van der Waals surface area (Å²) in [6, 6.07) is 8.42. The smallest absolute Gasteiger partial charge is 0.263 e. The second-order valence-corrected chi connectivity index (χ2v) is 7.72. The predicted molar refractivity (Wildman–Crippen MR) is 101 cm³/mol. The van der Waals surface area contributed by atoms with E-state index < -0.39 is 0 Å². The zero-order valence-corrected chi connectivity index (χ0v) is 15.7. The average Bonchev–Trinajstić information content (AvgIpc) is 2.97. The molecule has 3 nitrogen and oxygen atoms in total. The van der Waals surface area contributed by atoms with Crippen molar-refractivity contribution < 1.29 is 4.79 Å². The van der Waals surface area contributed by atoms with Crippen molar-refractivity contribution in [2.24, 2.45) is 0 Å². The van der Waals surface area contributed by atoms with E-state index in [2.05, 4.69) is 37.8 Å². The van der Waals surface area contributed by atoms with Gasteiger partial charge in [0.1, 0.15) is 0 Å². The molecule has 0 saturated carbocycles. The lowest BCUT2D eigenvalue weighted by atomic mass is 9.99. The molecular formula is C20H26N2OS. The number of carbonyl (C=O) groups excluding carboxylic acids is 1. The molecule has 1 aromatic heterocycles. The van der Waals surface area contributed by atoms with Crippen LogP contribution in [0.25, 0.3) is 0 Å². The van der Waals surface area contributed by atoms with Crippen molar-refractivity contribution in [1.82, 2.24) is 9.80 Å². The fourth-order valence-electron chi connectivity index (χ4n) is 3.57. The summed E-state index contributed by atoms with van der Waals surface area (Å²) in [6.07, 6.45) is 1.04. The molecule has 1 fully saturated rings. The standard InChI is InChI=1S/C20H26N2OS/c1-15-12-16(2)18(17(3)13-15)14-21-7-5-8-22(10-9-21)20(23)19-6-4-11-24-19/h4,6,11-13H,5,7-10,14H2,1-3H3. The quantitative estimate of drug-likeness (QED) is 0.841. The Kier molecular flexibility index (Phi) is 5.36. The minimum Gasteiger partial charge on any atom is -0.337 e. The molecule has 3 rings (SSSR count). The Balaban J connectivity index is 1.65. The molecule has 24 heavy (non-hydrogen) atoms. The van der Waals surface area contributed by atoms with Crippen molar-refractivity contribution >= 4 is 17.2 Å². The molecule has 0 aliphatic carbocycles. The number of aryl methyl sites for hydroxylation is 3. The molecule has 0 unspecified atom stereocenters. The summed E-state index contributed by atoms with van der Waals surface area (Å²) in [5.41, 5.74) is 5.53. The van der Waals surface area contributed by atoms with Crippen molar-refractivity contribution in [3.63, 3.8) is 0 Å². The molecule has 0 N–H and O–H groups in total. The van der Waals surface area contributed by atoms with Gasteiger partial charge >= 0.3 is 0 Å². The van der Waals surface area contributed by atoms with Gasteiger partial charge in [-0.1, -0.05) is 23.8 Å². The molecule has 1 saturated heterocycles. The van der Waals surface area contributed by atoms with E-state index in [0.29, 0.717) is 0 Å². The second-order valence-electron chi connectivity index (χ2n) is 6.78. The highest BCUT2D eigenvalue weighted by Gasteiger charge is 2.21. The third-order valence-corrected chi connectivity index (χ3v) is 5.69. The lowest BCUT2D eigenvalue weighted by Gasteiger charge is -2.23. The average molecular weight is 343 g/mol. The monoisotopic (exact) mass is 342 g/mol. The molecular weight excluding hydrogens is 316 g/mol. The van der Waals surface area contributed by atoms with Crippen LogP contribution < -0.4 is 0 Å². The number of hydrogen-bond donors (Lipinski definition) is 0. The van der Waals surface area contributed by atoms with E-state index in [9.17, 15) is 4.79 Å². The first-order valence-corrected chi connectivity index (χ1v) is 9.54. The normalized spacial score (nSPS) is 16.2. The summed E-state index contributed by atoms with van der Waals surface area (Å²) in [5, 5.41) is 1.97. The highest BCUT2D eigenvalue weighted by molar-refractivity contribution is 7.12. The van der Waals surface area contributed by atoms with Crippen LogP contribution >= 0.6 is 11.3 Å². The Bertz CT molecular complexity index is 685. The van der Waals surface area contributed by atoms with Gasteiger partial charge in [-0.3, -0.25) is 9.69 Å². The van der Waals surface area contributed by atoms with Crippen molar-refractivity contribution in [2.75, 3.05) is 26.2 Å². The molecule has 0 atom stereocenters. The molecule has 4 heteroatoms. The first kappa shape index (κ1) is 17.2. The van der Waals surface area contributed by atoms with E-state index >= 15 is 0 Å². The van der Waals surface area contributed by atoms with Gasteiger partial charge in [-0.2, -0.15) is 0 Å². The van der Waals surface area contributed by atoms with E-state index in [0.717, 1.165) is 44.0 Å². The van der Waals surface area contributed by atoms with Gasteiger partial charge in [0.25, 0.3) is 5.91 Å². The van der Waals surface area contributed by atoms with Crippen LogP contribution in [0, 0.1) is 20.8 Å². The summed E-state index contributed by atoms with van der Waals surface area (Å²) in [4.78, 5) is 17.9. The van der Waals surface area contributed by atoms with Crippen LogP contribution in [0.2, 0.25) is 0 Å². The molecule has 1 aliphatic rings. The molecule has 2 heterocycles. The maximum absolute atomic E-state index is 12.5. The first-order chi connectivity index (χ1) is 11.5. The number of rotatable bonds is 3. The lowest BCUT2D eigenvalue weighted by molar-refractivity contribution is 0.0766. The van der Waals surface area contributed by atoms with E-state index in [4.69, 9.17) is 0 Å². The fraction of sp³-hybridized carbons (Fsp3) is 0.450. The molecule has 0 bridgehead atoms. The number of benzene rings is 1. The van der Waals surface area contributed by atoms with Crippen LogP contribution in [0.5, 0.6) is 0 Å². The second kappa shape index (κ2) is 7.49. The molecule has 0 radical (unpaired) electrons. The number of thiophene rings is 1. The van der Waals surface area contributed by atoms with Crippen molar-refractivity contribution in [3.05, 3.63) is 56.8 Å². The largest absolute Gasteiger partial charge is 0.337 e. The zero-order valence-electron chi connectivity index (χ0n) is 14.8. The molecule has 1 amide bonds. The Labute approximate surface area is 148 Å². The number of carbonyl (C=O) groups is 1. The topological polar surface area (TPSA) is 23.6 Å². The van der Waals surface area contributed by atoms with Crippen LogP contribution in [0.3, 0.4) is 0 Å². The van der Waals surface area contributed by atoms with E-state index in [1.165, 1.54) is 33.6 Å². The van der Waals surface area contributed by atoms with Gasteiger partial charge in [-0.05, 0) is 55.3 Å². The van der Waals surface area contributed by atoms with Gasteiger partial charge in [-0.25, -0.2) is 0 Å². The summed E-state index contributed by atoms with van der Waals surface area (Å²) in [5.74, 6) is 0.189. The van der Waals surface area contributed by atoms with Gasteiger partial charge < -0.3 is 4.90 Å². The van der Waals surface area contributed by atoms with Gasteiger partial charge in [-0.15, -0.1) is 11.3 Å². The van der Waals surface area contributed by atoms with E-state index in [-0.39, 0.29) is 5.91 Å². The van der Waals surface area contributed by atoms with Gasteiger partial charge in [0.2, 0.25) is 0 Å². The van der Waals surface area contributed by atoms with Crippen molar-refractivity contribution in [1.29, 1.82) is 0 Å². The number of hydrogen-bond acceptors (Lipinski definition) is 3. The molecule has 1 aliphatic heterocycles. The summed E-state index contributed by atoms with van der Waals surface area (Å²) < 4.78 is 0. The third kappa shape index (κ3) is 3.87. The first-order valence-electron chi connectivity index (χ1n) is 8.66. The predicted octanol–water partition coefficient (Wildman–Crippen LogP) is 4.02. The fourth-order valence-corrected chi connectivity index (χ4v) is 4.26. The number of nitrogens with zero attached hydrogens (tertiary/aromatic N) is 2. The Morgan fingerprint density at radius 2 is 1.83 bits per heavy atom. The minimum atomic E-state index is 0.189. The van der Waals surface area contributed by atoms with E-state index in [1.807, 2.05) is 22.4 Å². The summed E-state index contributed by atoms with van der Waals surface area (Å²) >= 11 is 1.54. The van der Waals surface area contributed by atoms with E-state index in [1.54, 1.807) is 0 Å². The minimum absolute atomic E-state index is 0.189. The van der Waals surface area contributed by atoms with Gasteiger partial charge in [0.15, 0.2) is 0 Å². The van der Waals surface area contributed by atoms with Gasteiger partial charge in [0.05, 0.1) is 4.88 Å². The van der Waals surface area contributed by atoms with Crippen molar-refractivity contribution in [2.45, 2.75) is 33.7 Å². The molecule has 2 aromatic rings. The van der Waals surface area contributed by atoms with Crippen LogP contribution in [-0.2, 0) is 6.54 Å². The van der Waals surface area contributed by atoms with Gasteiger partial charge in [0, 0.05) is 32.7 Å². The SMILES string of the molecule is Cc1cc(C)c(CN2CCCN(C(=O)c3cccs3)CC2)c(C)c1. The molecule has 1 aromatic carbocycles. The third-order valence-electron chi connectivity index (χ3n) is 4.83. The lowest BCUT2D eigenvalue weighted by Crippen LogP contribution is -2.34. The molecule has 128 valence electrons. The maximum atomic E-state index is 12.5. The summed E-state index contributed by atoms with van der Waals surface area (Å²) in [6.45, 7) is 11.2. The number of amides is 1. The molecule has 0 spiro atoms. The highest BCUT2D eigenvalue weighted by Crippen LogP contribution is 2.20. The van der Waals surface area contributed by atoms with Crippen LogP contribution in [0.4, 0.5) is 0 Å². The highest BCUT2D eigenvalue weighted by atomic mass is 32.1. The van der Waals surface area contributed by atoms with Crippen LogP contribution in [0.1, 0.15) is 38.3 Å². The zero-order chi connectivity index (χ0) is 17.1. The van der Waals surface area contributed by atoms with Crippen LogP contribution in [-0.4, -0.2) is 41.9 Å². The summed E-state index contributed by atoms with van der Waals surface area (Å²) in [7, 11) is 0. The Morgan fingerprint density at radius 1 is 1.08 bits per heavy atom. The Morgan fingerprint density at radius 3 is 2.50 bits per heavy atom. The van der Waals surface area contributed by atoms with Crippen molar-refractivity contribution in [3.8, 4) is 0 Å². The van der Waals surface area contributed by atoms with Crippen LogP contribution in [0.15, 0.2) is 29.6 Å².